The maximum Gasteiger partial charge on any atom is 0.237 e. The minimum atomic E-state index is -0.772. The van der Waals surface area contributed by atoms with Crippen LogP contribution in [-0.4, -0.2) is 31.0 Å². The van der Waals surface area contributed by atoms with Gasteiger partial charge in [-0.25, -0.2) is 4.39 Å². The van der Waals surface area contributed by atoms with Crippen molar-refractivity contribution in [3.05, 3.63) is 101 Å². The fourth-order valence-corrected chi connectivity index (χ4v) is 3.79. The molecule has 0 aliphatic rings. The number of benzene rings is 3. The van der Waals surface area contributed by atoms with Gasteiger partial charge in [-0.3, -0.25) is 9.59 Å². The Kier molecular flexibility index (Phi) is 9.97. The molecule has 3 aromatic carbocycles. The van der Waals surface area contributed by atoms with E-state index >= 15 is 0 Å². The Hall–Kier alpha value is -3.75. The maximum atomic E-state index is 14.0. The Labute approximate surface area is 211 Å². The highest BCUT2D eigenvalue weighted by Gasteiger charge is 2.23. The largest absolute Gasteiger partial charge is 0.494 e. The van der Waals surface area contributed by atoms with E-state index in [9.17, 15) is 14.0 Å². The molecule has 0 aromatic heterocycles. The van der Waals surface area contributed by atoms with Gasteiger partial charge < -0.3 is 26.8 Å². The normalized spacial score (nSPS) is 12.4. The van der Waals surface area contributed by atoms with E-state index in [0.717, 1.165) is 16.9 Å². The summed E-state index contributed by atoms with van der Waals surface area (Å²) in [5, 5.41) is 5.65. The summed E-state index contributed by atoms with van der Waals surface area (Å²) in [4.78, 5) is 25.8. The second-order valence-corrected chi connectivity index (χ2v) is 8.44. The van der Waals surface area contributed by atoms with Crippen molar-refractivity contribution in [2.24, 2.45) is 11.5 Å². The molecule has 3 rings (SSSR count). The van der Waals surface area contributed by atoms with Crippen molar-refractivity contribution in [3.8, 4) is 5.75 Å². The average Bonchev–Trinajstić information content (AvgIpc) is 2.89. The van der Waals surface area contributed by atoms with Crippen LogP contribution in [-0.2, 0) is 29.1 Å². The molecule has 0 unspecified atom stereocenters. The zero-order valence-electron chi connectivity index (χ0n) is 20.4. The fourth-order valence-electron chi connectivity index (χ4n) is 3.79. The molecular formula is C28H33FN4O3. The molecule has 7 nitrogen and oxygen atoms in total. The summed E-state index contributed by atoms with van der Waals surface area (Å²) in [6, 6.07) is 20.5. The van der Waals surface area contributed by atoms with Gasteiger partial charge in [-0.15, -0.1) is 0 Å². The van der Waals surface area contributed by atoms with E-state index in [4.69, 9.17) is 16.2 Å². The summed E-state index contributed by atoms with van der Waals surface area (Å²) >= 11 is 0. The van der Waals surface area contributed by atoms with Crippen LogP contribution in [0.2, 0.25) is 0 Å². The van der Waals surface area contributed by atoms with E-state index in [1.54, 1.807) is 12.1 Å². The molecule has 0 aliphatic heterocycles. The Morgan fingerprint density at radius 1 is 0.944 bits per heavy atom. The molecular weight excluding hydrogens is 459 g/mol. The second-order valence-electron chi connectivity index (χ2n) is 8.44. The summed E-state index contributed by atoms with van der Waals surface area (Å²) in [5.41, 5.74) is 14.3. The number of rotatable bonds is 12. The standard InChI is InChI=1S/C28H33FN4O3/c1-2-36-23-12-9-19(10-13-23)15-26(31)28(35)33-18-24(21-6-4-3-5-7-21)27(34)32-17-20-8-11-22(16-30)25(29)14-20/h3-14,24,26H,2,15-18,30-31H2,1H3,(H,32,34)(H,33,35)/t24-,26+/m0/s1. The molecule has 3 aromatic rings. The van der Waals surface area contributed by atoms with Gasteiger partial charge in [-0.1, -0.05) is 54.6 Å². The highest BCUT2D eigenvalue weighted by Crippen LogP contribution is 2.17. The van der Waals surface area contributed by atoms with Crippen molar-refractivity contribution in [3.63, 3.8) is 0 Å². The maximum absolute atomic E-state index is 14.0. The molecule has 0 radical (unpaired) electrons. The van der Waals surface area contributed by atoms with Crippen LogP contribution in [0.1, 0.15) is 35.1 Å². The Balaban J connectivity index is 1.60. The van der Waals surface area contributed by atoms with Gasteiger partial charge in [0.15, 0.2) is 0 Å². The average molecular weight is 493 g/mol. The van der Waals surface area contributed by atoms with Gasteiger partial charge in [-0.2, -0.15) is 0 Å². The number of halogens is 1. The van der Waals surface area contributed by atoms with Crippen LogP contribution in [0.5, 0.6) is 5.75 Å². The van der Waals surface area contributed by atoms with Gasteiger partial charge in [0.05, 0.1) is 18.6 Å². The van der Waals surface area contributed by atoms with Crippen LogP contribution in [0.25, 0.3) is 0 Å². The van der Waals surface area contributed by atoms with Crippen LogP contribution in [0.15, 0.2) is 72.8 Å². The predicted octanol–water partition coefficient (Wildman–Crippen LogP) is 2.77. The first-order valence-electron chi connectivity index (χ1n) is 12.0. The molecule has 0 saturated carbocycles. The second kappa shape index (κ2) is 13.4. The third kappa shape index (κ3) is 7.63. The van der Waals surface area contributed by atoms with Crippen LogP contribution in [0.4, 0.5) is 4.39 Å². The third-order valence-electron chi connectivity index (χ3n) is 5.83. The molecule has 0 aliphatic carbocycles. The first kappa shape index (κ1) is 26.8. The van der Waals surface area contributed by atoms with Crippen molar-refractivity contribution in [1.82, 2.24) is 10.6 Å². The molecule has 0 bridgehead atoms. The number of nitrogens with one attached hydrogen (secondary N) is 2. The number of hydrogen-bond acceptors (Lipinski definition) is 5. The van der Waals surface area contributed by atoms with Crippen molar-refractivity contribution < 1.29 is 18.7 Å². The number of amides is 2. The van der Waals surface area contributed by atoms with E-state index in [-0.39, 0.29) is 31.4 Å². The Morgan fingerprint density at radius 2 is 1.64 bits per heavy atom. The molecule has 190 valence electrons. The number of ether oxygens (including phenoxy) is 1. The monoisotopic (exact) mass is 492 g/mol. The van der Waals surface area contributed by atoms with Crippen molar-refractivity contribution in [2.45, 2.75) is 38.4 Å². The lowest BCUT2D eigenvalue weighted by Gasteiger charge is -2.20. The van der Waals surface area contributed by atoms with E-state index in [2.05, 4.69) is 10.6 Å². The summed E-state index contributed by atoms with van der Waals surface area (Å²) in [5.74, 6) is -0.922. The number of nitrogens with two attached hydrogens (primary N) is 2. The molecule has 0 spiro atoms. The first-order valence-corrected chi connectivity index (χ1v) is 12.0. The van der Waals surface area contributed by atoms with Crippen molar-refractivity contribution in [1.29, 1.82) is 0 Å². The summed E-state index contributed by atoms with van der Waals surface area (Å²) in [7, 11) is 0. The first-order chi connectivity index (χ1) is 17.4. The zero-order valence-corrected chi connectivity index (χ0v) is 20.4. The lowest BCUT2D eigenvalue weighted by molar-refractivity contribution is -0.124. The van der Waals surface area contributed by atoms with E-state index < -0.39 is 17.8 Å². The van der Waals surface area contributed by atoms with E-state index in [0.29, 0.717) is 24.2 Å². The number of carbonyl (C=O) groups excluding carboxylic acids is 2. The summed E-state index contributed by atoms with van der Waals surface area (Å²) in [6.45, 7) is 2.82. The van der Waals surface area contributed by atoms with Crippen molar-refractivity contribution >= 4 is 11.8 Å². The summed E-state index contributed by atoms with van der Waals surface area (Å²) < 4.78 is 19.5. The summed E-state index contributed by atoms with van der Waals surface area (Å²) in [6.07, 6.45) is 0.352. The minimum Gasteiger partial charge on any atom is -0.494 e. The fraction of sp³-hybridized carbons (Fsp3) is 0.286. The van der Waals surface area contributed by atoms with Gasteiger partial charge >= 0.3 is 0 Å². The molecule has 36 heavy (non-hydrogen) atoms. The highest BCUT2D eigenvalue weighted by molar-refractivity contribution is 5.86. The van der Waals surface area contributed by atoms with Crippen LogP contribution in [0.3, 0.4) is 0 Å². The smallest absolute Gasteiger partial charge is 0.237 e. The van der Waals surface area contributed by atoms with Gasteiger partial charge in [0, 0.05) is 25.2 Å². The molecule has 2 amide bonds. The minimum absolute atomic E-state index is 0.0755. The molecule has 0 fully saturated rings. The van der Waals surface area contributed by atoms with E-state index in [1.165, 1.54) is 6.07 Å². The Morgan fingerprint density at radius 3 is 2.28 bits per heavy atom. The Bertz CT molecular complexity index is 1140. The van der Waals surface area contributed by atoms with Crippen molar-refractivity contribution in [2.75, 3.05) is 13.2 Å². The van der Waals surface area contributed by atoms with E-state index in [1.807, 2.05) is 61.5 Å². The SMILES string of the molecule is CCOc1ccc(C[C@@H](N)C(=O)NC[C@H](C(=O)NCc2ccc(CN)c(F)c2)c2ccccc2)cc1. The third-order valence-corrected chi connectivity index (χ3v) is 5.83. The van der Waals surface area contributed by atoms with Gasteiger partial charge in [-0.05, 0) is 48.2 Å². The number of carbonyl (C=O) groups is 2. The quantitative estimate of drug-likeness (QED) is 0.310. The van der Waals surface area contributed by atoms with Crippen LogP contribution < -0.4 is 26.8 Å². The molecule has 6 N–H and O–H groups in total. The van der Waals surface area contributed by atoms with Crippen LogP contribution in [0, 0.1) is 5.82 Å². The highest BCUT2D eigenvalue weighted by atomic mass is 19.1. The lowest BCUT2D eigenvalue weighted by Crippen LogP contribution is -2.45. The van der Waals surface area contributed by atoms with Gasteiger partial charge in [0.2, 0.25) is 11.8 Å². The van der Waals surface area contributed by atoms with Crippen LogP contribution >= 0.6 is 0 Å². The number of hydrogen-bond donors (Lipinski definition) is 4. The molecule has 8 heteroatoms. The predicted molar refractivity (Wildman–Crippen MR) is 138 cm³/mol. The lowest BCUT2D eigenvalue weighted by atomic mass is 9.97. The van der Waals surface area contributed by atoms with Gasteiger partial charge in [0.1, 0.15) is 11.6 Å². The zero-order chi connectivity index (χ0) is 25.9. The molecule has 0 saturated heterocycles. The topological polar surface area (TPSA) is 119 Å². The molecule has 2 atom stereocenters. The van der Waals surface area contributed by atoms with Gasteiger partial charge in [0.25, 0.3) is 0 Å². The molecule has 0 heterocycles.